The maximum atomic E-state index is 13.8. The van der Waals surface area contributed by atoms with Crippen molar-refractivity contribution in [1.29, 1.82) is 0 Å². The second-order valence-corrected chi connectivity index (χ2v) is 4.56. The molecule has 1 heterocycles. The first-order chi connectivity index (χ1) is 9.11. The molecule has 0 unspecified atom stereocenters. The predicted octanol–water partition coefficient (Wildman–Crippen LogP) is 3.52. The molecule has 2 aromatic rings. The highest BCUT2D eigenvalue weighted by Gasteiger charge is 2.12. The second-order valence-electron chi connectivity index (χ2n) is 4.13. The quantitative estimate of drug-likeness (QED) is 0.857. The number of hydrogen-bond donors (Lipinski definition) is 0. The van der Waals surface area contributed by atoms with E-state index in [-0.39, 0.29) is 10.8 Å². The van der Waals surface area contributed by atoms with Crippen LogP contribution in [0.4, 0.5) is 10.2 Å². The van der Waals surface area contributed by atoms with Gasteiger partial charge in [-0.3, -0.25) is 0 Å². The molecule has 3 nitrogen and oxygen atoms in total. The van der Waals surface area contributed by atoms with E-state index >= 15 is 0 Å². The number of ether oxygens (including phenoxy) is 1. The van der Waals surface area contributed by atoms with Gasteiger partial charge in [0.25, 0.3) is 0 Å². The van der Waals surface area contributed by atoms with Gasteiger partial charge in [-0.2, -0.15) is 0 Å². The number of anilines is 1. The van der Waals surface area contributed by atoms with Gasteiger partial charge in [-0.1, -0.05) is 29.8 Å². The van der Waals surface area contributed by atoms with Gasteiger partial charge in [0, 0.05) is 25.4 Å². The molecule has 0 saturated carbocycles. The maximum absolute atomic E-state index is 13.8. The lowest BCUT2D eigenvalue weighted by atomic mass is 10.2. The van der Waals surface area contributed by atoms with Crippen molar-refractivity contribution in [3.05, 3.63) is 52.9 Å². The van der Waals surface area contributed by atoms with Crippen molar-refractivity contribution in [2.45, 2.75) is 6.54 Å². The summed E-state index contributed by atoms with van der Waals surface area (Å²) in [6.45, 7) is 0.496. The molecule has 5 heteroatoms. The fourth-order valence-electron chi connectivity index (χ4n) is 1.85. The molecule has 0 saturated heterocycles. The Labute approximate surface area is 116 Å². The lowest BCUT2D eigenvalue weighted by molar-refractivity contribution is 0.409. The number of nitrogens with zero attached hydrogens (tertiary/aromatic N) is 2. The van der Waals surface area contributed by atoms with Crippen LogP contribution < -0.4 is 9.64 Å². The first kappa shape index (κ1) is 13.6. The van der Waals surface area contributed by atoms with Crippen LogP contribution in [0.25, 0.3) is 0 Å². The zero-order chi connectivity index (χ0) is 13.8. The molecule has 0 atom stereocenters. The minimum atomic E-state index is -0.440. The lowest BCUT2D eigenvalue weighted by Crippen LogP contribution is -2.19. The zero-order valence-corrected chi connectivity index (χ0v) is 11.5. The van der Waals surface area contributed by atoms with Gasteiger partial charge >= 0.3 is 0 Å². The van der Waals surface area contributed by atoms with E-state index in [1.165, 1.54) is 12.3 Å². The fourth-order valence-corrected chi connectivity index (χ4v) is 2.00. The number of methoxy groups -OCH3 is 1. The van der Waals surface area contributed by atoms with Gasteiger partial charge in [0.05, 0.1) is 12.1 Å². The Balaban J connectivity index is 2.23. The Bertz CT molecular complexity index is 577. The molecular formula is C14H14ClFN2O. The molecule has 0 spiro atoms. The molecule has 0 aliphatic heterocycles. The van der Waals surface area contributed by atoms with Gasteiger partial charge in [-0.05, 0) is 12.1 Å². The lowest BCUT2D eigenvalue weighted by Gasteiger charge is -2.20. The first-order valence-corrected chi connectivity index (χ1v) is 6.13. The number of hydrogen-bond acceptors (Lipinski definition) is 3. The summed E-state index contributed by atoms with van der Waals surface area (Å²) in [4.78, 5) is 5.72. The molecule has 0 radical (unpaired) electrons. The third kappa shape index (κ3) is 3.15. The molecular weight excluding hydrogens is 267 g/mol. The van der Waals surface area contributed by atoms with Crippen molar-refractivity contribution in [2.75, 3.05) is 19.1 Å². The molecule has 0 fully saturated rings. The molecule has 2 rings (SSSR count). The largest absolute Gasteiger partial charge is 0.496 e. The monoisotopic (exact) mass is 280 g/mol. The summed E-state index contributed by atoms with van der Waals surface area (Å²) in [6, 6.07) is 8.86. The smallest absolute Gasteiger partial charge is 0.167 e. The van der Waals surface area contributed by atoms with Gasteiger partial charge in [0.15, 0.2) is 11.6 Å². The van der Waals surface area contributed by atoms with Gasteiger partial charge in [-0.25, -0.2) is 9.37 Å². The van der Waals surface area contributed by atoms with Gasteiger partial charge in [0.2, 0.25) is 0 Å². The van der Waals surface area contributed by atoms with Crippen molar-refractivity contribution in [3.8, 4) is 5.75 Å². The average molecular weight is 281 g/mol. The Hall–Kier alpha value is -1.81. The van der Waals surface area contributed by atoms with Crippen molar-refractivity contribution in [3.63, 3.8) is 0 Å². The van der Waals surface area contributed by atoms with Crippen LogP contribution in [-0.4, -0.2) is 19.1 Å². The van der Waals surface area contributed by atoms with Crippen LogP contribution in [0.1, 0.15) is 5.56 Å². The van der Waals surface area contributed by atoms with E-state index in [1.807, 2.05) is 24.3 Å². The number of aromatic nitrogens is 1. The standard InChI is InChI=1S/C14H14ClFN2O/c1-18(14-12(16)7-11(15)8-17-14)9-10-5-3-4-6-13(10)19-2/h3-8H,9H2,1-2H3. The van der Waals surface area contributed by atoms with Crippen molar-refractivity contribution in [1.82, 2.24) is 4.98 Å². The number of benzene rings is 1. The van der Waals surface area contributed by atoms with Crippen LogP contribution in [0, 0.1) is 5.82 Å². The third-order valence-corrected chi connectivity index (χ3v) is 2.96. The van der Waals surface area contributed by atoms with Gasteiger partial charge in [0.1, 0.15) is 5.75 Å². The molecule has 0 N–H and O–H groups in total. The van der Waals surface area contributed by atoms with E-state index in [2.05, 4.69) is 4.98 Å². The molecule has 19 heavy (non-hydrogen) atoms. The Morgan fingerprint density at radius 2 is 2.11 bits per heavy atom. The average Bonchev–Trinajstić information content (AvgIpc) is 2.39. The van der Waals surface area contributed by atoms with Crippen LogP contribution in [0.2, 0.25) is 5.02 Å². The Kier molecular flexibility index (Phi) is 4.22. The Morgan fingerprint density at radius 1 is 1.37 bits per heavy atom. The summed E-state index contributed by atoms with van der Waals surface area (Å²) in [6.07, 6.45) is 1.43. The topological polar surface area (TPSA) is 25.4 Å². The molecule has 0 aliphatic carbocycles. The van der Waals surface area contributed by atoms with Gasteiger partial charge < -0.3 is 9.64 Å². The van der Waals surface area contributed by atoms with Crippen molar-refractivity contribution < 1.29 is 9.13 Å². The highest BCUT2D eigenvalue weighted by atomic mass is 35.5. The number of rotatable bonds is 4. The number of pyridine rings is 1. The van der Waals surface area contributed by atoms with E-state index in [0.29, 0.717) is 6.54 Å². The summed E-state index contributed by atoms with van der Waals surface area (Å²) >= 11 is 5.69. The van der Waals surface area contributed by atoms with E-state index < -0.39 is 5.82 Å². The summed E-state index contributed by atoms with van der Waals surface area (Å²) in [5.74, 6) is 0.587. The van der Waals surface area contributed by atoms with Crippen LogP contribution in [0.5, 0.6) is 5.75 Å². The second kappa shape index (κ2) is 5.89. The SMILES string of the molecule is COc1ccccc1CN(C)c1ncc(Cl)cc1F. The van der Waals surface area contributed by atoms with Crippen molar-refractivity contribution in [2.24, 2.45) is 0 Å². The maximum Gasteiger partial charge on any atom is 0.167 e. The van der Waals surface area contributed by atoms with Crippen molar-refractivity contribution >= 4 is 17.4 Å². The first-order valence-electron chi connectivity index (χ1n) is 5.76. The zero-order valence-electron chi connectivity index (χ0n) is 10.7. The molecule has 0 amide bonds. The minimum Gasteiger partial charge on any atom is -0.496 e. The van der Waals surface area contributed by atoms with E-state index in [9.17, 15) is 4.39 Å². The van der Waals surface area contributed by atoms with Crippen LogP contribution in [0.3, 0.4) is 0 Å². The predicted molar refractivity (Wildman–Crippen MR) is 74.3 cm³/mol. The highest BCUT2D eigenvalue weighted by molar-refractivity contribution is 6.30. The third-order valence-electron chi connectivity index (χ3n) is 2.75. The van der Waals surface area contributed by atoms with Gasteiger partial charge in [-0.15, -0.1) is 0 Å². The van der Waals surface area contributed by atoms with Crippen LogP contribution in [-0.2, 0) is 6.54 Å². The summed E-state index contributed by atoms with van der Waals surface area (Å²) in [7, 11) is 3.38. The van der Waals surface area contributed by atoms with E-state index in [4.69, 9.17) is 16.3 Å². The molecule has 0 aliphatic rings. The summed E-state index contributed by atoms with van der Waals surface area (Å²) in [5.41, 5.74) is 0.962. The molecule has 1 aromatic carbocycles. The highest BCUT2D eigenvalue weighted by Crippen LogP contribution is 2.23. The summed E-state index contributed by atoms with van der Waals surface area (Å²) in [5, 5.41) is 0.284. The summed E-state index contributed by atoms with van der Waals surface area (Å²) < 4.78 is 19.0. The van der Waals surface area contributed by atoms with E-state index in [0.717, 1.165) is 11.3 Å². The van der Waals surface area contributed by atoms with E-state index in [1.54, 1.807) is 19.1 Å². The Morgan fingerprint density at radius 3 is 2.79 bits per heavy atom. The molecule has 1 aromatic heterocycles. The minimum absolute atomic E-state index is 0.260. The number of para-hydroxylation sites is 1. The normalized spacial score (nSPS) is 10.3. The fraction of sp³-hybridized carbons (Fsp3) is 0.214. The number of halogens is 2. The molecule has 100 valence electrons. The molecule has 0 bridgehead atoms. The van der Waals surface area contributed by atoms with Crippen LogP contribution in [0.15, 0.2) is 36.5 Å². The van der Waals surface area contributed by atoms with Crippen LogP contribution >= 0.6 is 11.6 Å².